The lowest BCUT2D eigenvalue weighted by atomic mass is 10.1. The maximum absolute atomic E-state index is 3.61. The van der Waals surface area contributed by atoms with Crippen LogP contribution in [0.15, 0.2) is 0 Å². The summed E-state index contributed by atoms with van der Waals surface area (Å²) in [6.45, 7) is 13.4. The van der Waals surface area contributed by atoms with E-state index in [-0.39, 0.29) is 0 Å². The smallest absolute Gasteiger partial charge is 0.00224 e. The van der Waals surface area contributed by atoms with Gasteiger partial charge in [0.25, 0.3) is 0 Å². The van der Waals surface area contributed by atoms with Crippen LogP contribution in [0.3, 0.4) is 0 Å². The van der Waals surface area contributed by atoms with E-state index in [9.17, 15) is 0 Å². The van der Waals surface area contributed by atoms with Gasteiger partial charge in [0.2, 0.25) is 0 Å². The third kappa shape index (κ3) is 4.59. The molecule has 100 valence electrons. The van der Waals surface area contributed by atoms with Gasteiger partial charge in [-0.1, -0.05) is 20.8 Å². The van der Waals surface area contributed by atoms with Gasteiger partial charge in [0.15, 0.2) is 0 Å². The van der Waals surface area contributed by atoms with Crippen LogP contribution < -0.4 is 5.32 Å². The van der Waals surface area contributed by atoms with Crippen molar-refractivity contribution < 1.29 is 0 Å². The van der Waals surface area contributed by atoms with E-state index in [1.165, 1.54) is 52.0 Å². The highest BCUT2D eigenvalue weighted by Crippen LogP contribution is 2.37. The molecule has 1 saturated heterocycles. The molecule has 0 aromatic rings. The monoisotopic (exact) mass is 238 g/mol. The lowest BCUT2D eigenvalue weighted by molar-refractivity contribution is 0.262. The number of nitrogens with one attached hydrogen (secondary N) is 1. The molecule has 2 rings (SSSR count). The summed E-state index contributed by atoms with van der Waals surface area (Å²) in [6, 6.07) is 0. The highest BCUT2D eigenvalue weighted by molar-refractivity contribution is 4.84. The van der Waals surface area contributed by atoms with E-state index in [0.29, 0.717) is 0 Å². The lowest BCUT2D eigenvalue weighted by Crippen LogP contribution is -2.30. The Morgan fingerprint density at radius 1 is 1.18 bits per heavy atom. The molecule has 0 aromatic carbocycles. The van der Waals surface area contributed by atoms with Crippen LogP contribution in [0, 0.1) is 23.7 Å². The van der Waals surface area contributed by atoms with Crippen LogP contribution in [0.2, 0.25) is 0 Å². The summed E-state index contributed by atoms with van der Waals surface area (Å²) in [4.78, 5) is 2.70. The molecule has 1 saturated carbocycles. The minimum Gasteiger partial charge on any atom is -0.316 e. The maximum Gasteiger partial charge on any atom is 0.00224 e. The van der Waals surface area contributed by atoms with Crippen molar-refractivity contribution in [2.24, 2.45) is 23.7 Å². The SMILES string of the molecule is CC(C)CNCC1CCN(CC(C)C2CC2)C1. The van der Waals surface area contributed by atoms with E-state index in [1.807, 2.05) is 0 Å². The first-order valence-electron chi connectivity index (χ1n) is 7.58. The summed E-state index contributed by atoms with van der Waals surface area (Å²) in [7, 11) is 0. The van der Waals surface area contributed by atoms with E-state index in [2.05, 4.69) is 31.0 Å². The predicted molar refractivity (Wildman–Crippen MR) is 74.1 cm³/mol. The fourth-order valence-corrected chi connectivity index (χ4v) is 3.04. The third-order valence-electron chi connectivity index (χ3n) is 4.33. The van der Waals surface area contributed by atoms with Gasteiger partial charge < -0.3 is 10.2 Å². The molecule has 2 heteroatoms. The zero-order valence-corrected chi connectivity index (χ0v) is 11.9. The van der Waals surface area contributed by atoms with Crippen LogP contribution in [0.25, 0.3) is 0 Å². The average Bonchev–Trinajstić information content (AvgIpc) is 3.02. The van der Waals surface area contributed by atoms with Crippen molar-refractivity contribution in [3.8, 4) is 0 Å². The van der Waals surface area contributed by atoms with Crippen molar-refractivity contribution in [1.82, 2.24) is 10.2 Å². The van der Waals surface area contributed by atoms with Crippen molar-refractivity contribution in [1.29, 1.82) is 0 Å². The van der Waals surface area contributed by atoms with Crippen LogP contribution in [0.4, 0.5) is 0 Å². The van der Waals surface area contributed by atoms with Gasteiger partial charge in [-0.3, -0.25) is 0 Å². The van der Waals surface area contributed by atoms with Crippen LogP contribution >= 0.6 is 0 Å². The van der Waals surface area contributed by atoms with Gasteiger partial charge in [0.1, 0.15) is 0 Å². The second-order valence-electron chi connectivity index (χ2n) is 6.78. The van der Waals surface area contributed by atoms with Gasteiger partial charge in [0, 0.05) is 13.1 Å². The van der Waals surface area contributed by atoms with Gasteiger partial charge in [0.05, 0.1) is 0 Å². The Hall–Kier alpha value is -0.0800. The topological polar surface area (TPSA) is 15.3 Å². The number of likely N-dealkylation sites (tertiary alicyclic amines) is 1. The van der Waals surface area contributed by atoms with Gasteiger partial charge in [-0.05, 0) is 62.6 Å². The van der Waals surface area contributed by atoms with Crippen molar-refractivity contribution in [2.45, 2.75) is 40.0 Å². The molecule has 1 N–H and O–H groups in total. The first kappa shape index (κ1) is 13.4. The van der Waals surface area contributed by atoms with Crippen LogP contribution in [-0.4, -0.2) is 37.6 Å². The predicted octanol–water partition coefficient (Wildman–Crippen LogP) is 2.60. The molecular weight excluding hydrogens is 208 g/mol. The molecule has 2 aliphatic rings. The van der Waals surface area contributed by atoms with Crippen LogP contribution in [0.1, 0.15) is 40.0 Å². The molecule has 0 bridgehead atoms. The summed E-state index contributed by atoms with van der Waals surface area (Å²) in [5, 5.41) is 3.61. The first-order valence-corrected chi connectivity index (χ1v) is 7.58. The molecular formula is C15H30N2. The maximum atomic E-state index is 3.61. The zero-order valence-electron chi connectivity index (χ0n) is 11.9. The summed E-state index contributed by atoms with van der Waals surface area (Å²) in [5.74, 6) is 3.69. The Kier molecular flexibility index (Phi) is 4.87. The summed E-state index contributed by atoms with van der Waals surface area (Å²) in [6.07, 6.45) is 4.39. The Morgan fingerprint density at radius 2 is 1.94 bits per heavy atom. The largest absolute Gasteiger partial charge is 0.316 e. The van der Waals surface area contributed by atoms with Gasteiger partial charge in [-0.2, -0.15) is 0 Å². The van der Waals surface area contributed by atoms with Gasteiger partial charge in [-0.15, -0.1) is 0 Å². The van der Waals surface area contributed by atoms with Crippen LogP contribution in [0.5, 0.6) is 0 Å². The highest BCUT2D eigenvalue weighted by atomic mass is 15.2. The molecule has 2 nitrogen and oxygen atoms in total. The van der Waals surface area contributed by atoms with Crippen molar-refractivity contribution in [3.63, 3.8) is 0 Å². The standard InChI is InChI=1S/C15H30N2/c1-12(2)8-16-9-14-6-7-17(11-14)10-13(3)15-4-5-15/h12-16H,4-11H2,1-3H3. The van der Waals surface area contributed by atoms with E-state index >= 15 is 0 Å². The van der Waals surface area contributed by atoms with Crippen molar-refractivity contribution in [3.05, 3.63) is 0 Å². The Labute approximate surface area is 107 Å². The first-order chi connectivity index (χ1) is 8.15. The summed E-state index contributed by atoms with van der Waals surface area (Å²) >= 11 is 0. The highest BCUT2D eigenvalue weighted by Gasteiger charge is 2.31. The Balaban J connectivity index is 1.58. The number of hydrogen-bond acceptors (Lipinski definition) is 2. The molecule has 2 fully saturated rings. The lowest BCUT2D eigenvalue weighted by Gasteiger charge is -2.20. The van der Waals surface area contributed by atoms with E-state index in [1.54, 1.807) is 0 Å². The normalized spacial score (nSPS) is 27.9. The molecule has 0 spiro atoms. The molecule has 0 amide bonds. The molecule has 1 aliphatic carbocycles. The molecule has 1 heterocycles. The molecule has 0 radical (unpaired) electrons. The zero-order chi connectivity index (χ0) is 12.3. The van der Waals surface area contributed by atoms with Crippen molar-refractivity contribution >= 4 is 0 Å². The number of nitrogens with zero attached hydrogens (tertiary/aromatic N) is 1. The summed E-state index contributed by atoms with van der Waals surface area (Å²) < 4.78 is 0. The van der Waals surface area contributed by atoms with Crippen molar-refractivity contribution in [2.75, 3.05) is 32.7 Å². The second-order valence-corrected chi connectivity index (χ2v) is 6.78. The average molecular weight is 238 g/mol. The van der Waals surface area contributed by atoms with E-state index in [4.69, 9.17) is 0 Å². The Morgan fingerprint density at radius 3 is 2.59 bits per heavy atom. The van der Waals surface area contributed by atoms with E-state index in [0.717, 1.165) is 23.7 Å². The molecule has 2 atom stereocenters. The second kappa shape index (κ2) is 6.19. The minimum absolute atomic E-state index is 0.780. The third-order valence-corrected chi connectivity index (χ3v) is 4.33. The number of rotatable bonds is 7. The molecule has 0 aromatic heterocycles. The number of hydrogen-bond donors (Lipinski definition) is 1. The van der Waals surface area contributed by atoms with E-state index < -0.39 is 0 Å². The molecule has 17 heavy (non-hydrogen) atoms. The van der Waals surface area contributed by atoms with Gasteiger partial charge >= 0.3 is 0 Å². The minimum atomic E-state index is 0.780. The molecule has 2 unspecified atom stereocenters. The Bertz CT molecular complexity index is 223. The van der Waals surface area contributed by atoms with Gasteiger partial charge in [-0.25, -0.2) is 0 Å². The van der Waals surface area contributed by atoms with Crippen LogP contribution in [-0.2, 0) is 0 Å². The summed E-state index contributed by atoms with van der Waals surface area (Å²) in [5.41, 5.74) is 0. The fourth-order valence-electron chi connectivity index (χ4n) is 3.04. The fraction of sp³-hybridized carbons (Fsp3) is 1.00. The molecule has 1 aliphatic heterocycles. The quantitative estimate of drug-likeness (QED) is 0.733.